The Hall–Kier alpha value is -0.900. The van der Waals surface area contributed by atoms with Crippen LogP contribution in [0.3, 0.4) is 0 Å². The number of hydrogen-bond donors (Lipinski definition) is 0. The molecule has 0 fully saturated rings. The summed E-state index contributed by atoms with van der Waals surface area (Å²) in [5, 5.41) is 5.98. The fourth-order valence-corrected chi connectivity index (χ4v) is 3.89. The summed E-state index contributed by atoms with van der Waals surface area (Å²) in [7, 11) is 0. The van der Waals surface area contributed by atoms with E-state index in [4.69, 9.17) is 10.1 Å². The number of hydrogen-bond acceptors (Lipinski definition) is 3. The highest BCUT2D eigenvalue weighted by Crippen LogP contribution is 2.36. The van der Waals surface area contributed by atoms with E-state index in [2.05, 4.69) is 32.2 Å². The maximum absolute atomic E-state index is 4.83. The zero-order chi connectivity index (χ0) is 12.9. The highest BCUT2D eigenvalue weighted by molar-refractivity contribution is 7.16. The minimum Gasteiger partial charge on any atom is -0.222 e. The Bertz CT molecular complexity index is 567. The monoisotopic (exact) mass is 263 g/mol. The first-order chi connectivity index (χ1) is 8.56. The van der Waals surface area contributed by atoms with Gasteiger partial charge in [-0.3, -0.25) is 0 Å². The molecule has 98 valence electrons. The molecule has 0 saturated carbocycles. The van der Waals surface area contributed by atoms with E-state index in [0.717, 1.165) is 23.7 Å². The first-order valence-electron chi connectivity index (χ1n) is 6.93. The van der Waals surface area contributed by atoms with Crippen molar-refractivity contribution in [2.75, 3.05) is 0 Å². The van der Waals surface area contributed by atoms with Gasteiger partial charge >= 0.3 is 0 Å². The van der Waals surface area contributed by atoms with E-state index in [0.29, 0.717) is 11.8 Å². The van der Waals surface area contributed by atoms with Crippen molar-refractivity contribution in [1.82, 2.24) is 14.6 Å². The molecule has 0 spiro atoms. The third kappa shape index (κ3) is 1.87. The van der Waals surface area contributed by atoms with E-state index in [1.54, 1.807) is 11.3 Å². The van der Waals surface area contributed by atoms with Crippen LogP contribution in [0.15, 0.2) is 0 Å². The minimum absolute atomic E-state index is 0.580. The number of imidazole rings is 1. The number of nitrogens with zero attached hydrogens (tertiary/aromatic N) is 3. The summed E-state index contributed by atoms with van der Waals surface area (Å²) in [6, 6.07) is 0. The first-order valence-corrected chi connectivity index (χ1v) is 7.75. The normalized spacial score (nSPS) is 23.8. The molecule has 0 radical (unpaired) electrons. The van der Waals surface area contributed by atoms with Gasteiger partial charge in [-0.25, -0.2) is 9.50 Å². The fraction of sp³-hybridized carbons (Fsp3) is 0.714. The van der Waals surface area contributed by atoms with E-state index < -0.39 is 0 Å². The van der Waals surface area contributed by atoms with Crippen LogP contribution in [0.5, 0.6) is 0 Å². The third-order valence-corrected chi connectivity index (χ3v) is 5.00. The fourth-order valence-electron chi connectivity index (χ4n) is 2.76. The highest BCUT2D eigenvalue weighted by atomic mass is 32.1. The second-order valence-corrected chi connectivity index (χ2v) is 7.08. The van der Waals surface area contributed by atoms with Crippen LogP contribution in [0.2, 0.25) is 0 Å². The maximum Gasteiger partial charge on any atom is 0.212 e. The predicted octanol–water partition coefficient (Wildman–Crippen LogP) is 3.68. The minimum atomic E-state index is 0.580. The Labute approximate surface area is 112 Å². The molecule has 18 heavy (non-hydrogen) atoms. The molecule has 0 aliphatic heterocycles. The molecule has 0 bridgehead atoms. The molecule has 0 saturated heterocycles. The van der Waals surface area contributed by atoms with Gasteiger partial charge in [0.1, 0.15) is 5.01 Å². The van der Waals surface area contributed by atoms with Gasteiger partial charge in [0.2, 0.25) is 4.96 Å². The second kappa shape index (κ2) is 4.34. The van der Waals surface area contributed by atoms with Crippen molar-refractivity contribution in [3.8, 4) is 0 Å². The lowest BCUT2D eigenvalue weighted by molar-refractivity contribution is 0.413. The number of aryl methyl sites for hydroxylation is 1. The topological polar surface area (TPSA) is 30.2 Å². The summed E-state index contributed by atoms with van der Waals surface area (Å²) in [5.74, 6) is 1.99. The highest BCUT2D eigenvalue weighted by Gasteiger charge is 2.28. The molecule has 2 heterocycles. The van der Waals surface area contributed by atoms with Crippen LogP contribution in [0.25, 0.3) is 4.96 Å². The van der Waals surface area contributed by atoms with Crippen LogP contribution >= 0.6 is 11.3 Å². The first kappa shape index (κ1) is 12.2. The molecule has 0 amide bonds. The molecule has 3 rings (SSSR count). The van der Waals surface area contributed by atoms with Crippen molar-refractivity contribution in [3.05, 3.63) is 16.4 Å². The van der Waals surface area contributed by atoms with Crippen LogP contribution in [0.1, 0.15) is 56.4 Å². The van der Waals surface area contributed by atoms with Crippen molar-refractivity contribution in [2.24, 2.45) is 11.8 Å². The largest absolute Gasteiger partial charge is 0.222 e. The quantitative estimate of drug-likeness (QED) is 0.827. The van der Waals surface area contributed by atoms with E-state index in [9.17, 15) is 0 Å². The van der Waals surface area contributed by atoms with Crippen LogP contribution in [-0.2, 0) is 12.8 Å². The summed E-state index contributed by atoms with van der Waals surface area (Å²) >= 11 is 1.76. The molecule has 2 atom stereocenters. The van der Waals surface area contributed by atoms with Crippen LogP contribution in [-0.4, -0.2) is 14.6 Å². The van der Waals surface area contributed by atoms with Crippen LogP contribution in [0, 0.1) is 11.8 Å². The van der Waals surface area contributed by atoms with Gasteiger partial charge in [-0.15, -0.1) is 0 Å². The molecule has 1 aliphatic carbocycles. The second-order valence-electron chi connectivity index (χ2n) is 6.04. The van der Waals surface area contributed by atoms with Crippen molar-refractivity contribution in [3.63, 3.8) is 0 Å². The van der Waals surface area contributed by atoms with Gasteiger partial charge in [0, 0.05) is 12.3 Å². The molecule has 2 aromatic rings. The Morgan fingerprint density at radius 1 is 1.39 bits per heavy atom. The summed E-state index contributed by atoms with van der Waals surface area (Å²) in [6.07, 6.45) is 3.46. The van der Waals surface area contributed by atoms with Gasteiger partial charge in [-0.2, -0.15) is 5.10 Å². The average molecular weight is 263 g/mol. The third-order valence-electron chi connectivity index (χ3n) is 4.07. The summed E-state index contributed by atoms with van der Waals surface area (Å²) < 4.78 is 2.11. The zero-order valence-corrected chi connectivity index (χ0v) is 12.4. The van der Waals surface area contributed by atoms with Gasteiger partial charge in [-0.05, 0) is 24.7 Å². The van der Waals surface area contributed by atoms with E-state index >= 15 is 0 Å². The van der Waals surface area contributed by atoms with Crippen molar-refractivity contribution >= 4 is 16.3 Å². The van der Waals surface area contributed by atoms with Crippen LogP contribution < -0.4 is 0 Å². The Kier molecular flexibility index (Phi) is 2.93. The molecule has 2 aromatic heterocycles. The molecule has 3 nitrogen and oxygen atoms in total. The van der Waals surface area contributed by atoms with Crippen molar-refractivity contribution < 1.29 is 0 Å². The molecule has 4 heteroatoms. The Morgan fingerprint density at radius 3 is 2.89 bits per heavy atom. The molecule has 0 aromatic carbocycles. The van der Waals surface area contributed by atoms with Gasteiger partial charge in [0.15, 0.2) is 0 Å². The molecule has 0 N–H and O–H groups in total. The lowest BCUT2D eigenvalue weighted by Gasteiger charge is -2.24. The summed E-state index contributed by atoms with van der Waals surface area (Å²) in [5.41, 5.74) is 2.66. The molecule has 2 unspecified atom stereocenters. The smallest absolute Gasteiger partial charge is 0.212 e. The molecule has 1 aliphatic rings. The van der Waals surface area contributed by atoms with Crippen molar-refractivity contribution in [1.29, 1.82) is 0 Å². The van der Waals surface area contributed by atoms with Gasteiger partial charge in [0.05, 0.1) is 11.4 Å². The number of rotatable bonds is 2. The van der Waals surface area contributed by atoms with Gasteiger partial charge in [-0.1, -0.05) is 39.0 Å². The summed E-state index contributed by atoms with van der Waals surface area (Å²) in [4.78, 5) is 5.93. The predicted molar refractivity (Wildman–Crippen MR) is 75.3 cm³/mol. The number of fused-ring (bicyclic) bond motifs is 3. The molecular weight excluding hydrogens is 242 g/mol. The van der Waals surface area contributed by atoms with E-state index in [-0.39, 0.29) is 0 Å². The lowest BCUT2D eigenvalue weighted by Crippen LogP contribution is -2.17. The van der Waals surface area contributed by atoms with E-state index in [1.165, 1.54) is 22.8 Å². The van der Waals surface area contributed by atoms with Crippen molar-refractivity contribution in [2.45, 2.75) is 52.9 Å². The van der Waals surface area contributed by atoms with Gasteiger partial charge < -0.3 is 0 Å². The molecular formula is C14H21N3S. The Balaban J connectivity index is 2.03. The Morgan fingerprint density at radius 2 is 2.17 bits per heavy atom. The number of aromatic nitrogens is 3. The van der Waals surface area contributed by atoms with Crippen LogP contribution in [0.4, 0.5) is 0 Å². The lowest BCUT2D eigenvalue weighted by atomic mass is 9.82. The van der Waals surface area contributed by atoms with Gasteiger partial charge in [0.25, 0.3) is 0 Å². The maximum atomic E-state index is 4.83. The van der Waals surface area contributed by atoms with E-state index in [1.807, 2.05) is 0 Å². The average Bonchev–Trinajstić information content (AvgIpc) is 2.80. The summed E-state index contributed by atoms with van der Waals surface area (Å²) in [6.45, 7) is 9.11. The zero-order valence-electron chi connectivity index (χ0n) is 11.6. The SMILES string of the molecule is CC(C)Cc1nn2c3c(nc2s1)C(C)C(C)CC3. The standard InChI is InChI=1S/C14H21N3S/c1-8(2)7-12-16-17-11-6-5-9(3)10(4)13(11)15-14(17)18-12/h8-10H,5-7H2,1-4H3.